The predicted molar refractivity (Wildman–Crippen MR) is 79.2 cm³/mol. The molecule has 0 aliphatic carbocycles. The van der Waals surface area contributed by atoms with Crippen LogP contribution >= 0.6 is 11.6 Å². The molecule has 5 nitrogen and oxygen atoms in total. The van der Waals surface area contributed by atoms with E-state index in [0.29, 0.717) is 10.6 Å². The van der Waals surface area contributed by atoms with Crippen LogP contribution in [0.3, 0.4) is 0 Å². The predicted octanol–water partition coefficient (Wildman–Crippen LogP) is 3.87. The van der Waals surface area contributed by atoms with Gasteiger partial charge < -0.3 is 4.74 Å². The van der Waals surface area contributed by atoms with E-state index in [-0.39, 0.29) is 11.4 Å². The second-order valence-electron chi connectivity index (χ2n) is 4.03. The summed E-state index contributed by atoms with van der Waals surface area (Å²) in [6.45, 7) is 0. The number of benzene rings is 2. The molecule has 6 heteroatoms. The molecule has 0 atom stereocenters. The van der Waals surface area contributed by atoms with Gasteiger partial charge in [0.05, 0.1) is 4.92 Å². The molecule has 0 saturated heterocycles. The van der Waals surface area contributed by atoms with E-state index in [1.807, 2.05) is 0 Å². The smallest absolute Gasteiger partial charge is 0.336 e. The van der Waals surface area contributed by atoms with Crippen LogP contribution in [0.15, 0.2) is 54.6 Å². The Morgan fingerprint density at radius 2 is 1.81 bits per heavy atom. The van der Waals surface area contributed by atoms with Gasteiger partial charge in [0.2, 0.25) is 0 Å². The van der Waals surface area contributed by atoms with E-state index < -0.39 is 10.9 Å². The lowest BCUT2D eigenvalue weighted by Crippen LogP contribution is -2.03. The molecule has 0 aliphatic heterocycles. The van der Waals surface area contributed by atoms with Crippen LogP contribution < -0.4 is 4.74 Å². The SMILES string of the molecule is O=C(C=Cc1ccccc1Cl)Oc1ccc([N+](=O)[O-])cc1. The van der Waals surface area contributed by atoms with E-state index in [0.717, 1.165) is 0 Å². The van der Waals surface area contributed by atoms with Crippen molar-refractivity contribution in [2.45, 2.75) is 0 Å². The van der Waals surface area contributed by atoms with Crippen molar-refractivity contribution in [1.29, 1.82) is 0 Å². The van der Waals surface area contributed by atoms with Crippen molar-refractivity contribution in [3.63, 3.8) is 0 Å². The van der Waals surface area contributed by atoms with Gasteiger partial charge in [-0.05, 0) is 29.8 Å². The highest BCUT2D eigenvalue weighted by molar-refractivity contribution is 6.32. The van der Waals surface area contributed by atoms with Gasteiger partial charge in [0.15, 0.2) is 0 Å². The molecular formula is C15H10ClNO4. The van der Waals surface area contributed by atoms with Crippen LogP contribution in [0.25, 0.3) is 6.08 Å². The largest absolute Gasteiger partial charge is 0.423 e. The summed E-state index contributed by atoms with van der Waals surface area (Å²) in [5.41, 5.74) is 0.626. The molecule has 106 valence electrons. The summed E-state index contributed by atoms with van der Waals surface area (Å²) < 4.78 is 5.02. The van der Waals surface area contributed by atoms with Gasteiger partial charge in [0, 0.05) is 23.2 Å². The molecule has 0 fully saturated rings. The van der Waals surface area contributed by atoms with Crippen molar-refractivity contribution >= 4 is 29.3 Å². The molecule has 2 aromatic carbocycles. The van der Waals surface area contributed by atoms with Crippen LogP contribution in [-0.2, 0) is 4.79 Å². The number of esters is 1. The average Bonchev–Trinajstić information content (AvgIpc) is 2.47. The van der Waals surface area contributed by atoms with Gasteiger partial charge in [-0.2, -0.15) is 0 Å². The standard InChI is InChI=1S/C15H10ClNO4/c16-14-4-2-1-3-11(14)5-10-15(18)21-13-8-6-12(7-9-13)17(19)20/h1-10H. The fourth-order valence-corrected chi connectivity index (χ4v) is 1.75. The first-order chi connectivity index (χ1) is 10.1. The van der Waals surface area contributed by atoms with Gasteiger partial charge in [-0.1, -0.05) is 29.8 Å². The highest BCUT2D eigenvalue weighted by atomic mass is 35.5. The molecule has 0 radical (unpaired) electrons. The zero-order valence-corrected chi connectivity index (χ0v) is 11.5. The number of ether oxygens (including phenoxy) is 1. The number of non-ortho nitro benzene ring substituents is 1. The molecule has 0 aliphatic rings. The lowest BCUT2D eigenvalue weighted by atomic mass is 10.2. The molecule has 0 saturated carbocycles. The molecule has 2 rings (SSSR count). The number of nitrogens with zero attached hydrogens (tertiary/aromatic N) is 1. The summed E-state index contributed by atoms with van der Waals surface area (Å²) in [5, 5.41) is 11.0. The molecule has 0 spiro atoms. The number of nitro groups is 1. The van der Waals surface area contributed by atoms with Gasteiger partial charge >= 0.3 is 5.97 Å². The van der Waals surface area contributed by atoms with Crippen LogP contribution in [0.4, 0.5) is 5.69 Å². The second-order valence-corrected chi connectivity index (χ2v) is 4.43. The molecule has 0 N–H and O–H groups in total. The minimum atomic E-state index is -0.594. The second kappa shape index (κ2) is 6.67. The van der Waals surface area contributed by atoms with Crippen LogP contribution in [0, 0.1) is 10.1 Å². The van der Waals surface area contributed by atoms with E-state index >= 15 is 0 Å². The van der Waals surface area contributed by atoms with Crippen LogP contribution in [0.5, 0.6) is 5.75 Å². The van der Waals surface area contributed by atoms with Crippen molar-refractivity contribution in [3.05, 3.63) is 75.3 Å². The summed E-state index contributed by atoms with van der Waals surface area (Å²) in [7, 11) is 0. The zero-order valence-electron chi connectivity index (χ0n) is 10.7. The Labute approximate surface area is 125 Å². The number of rotatable bonds is 4. The fraction of sp³-hybridized carbons (Fsp3) is 0. The number of carbonyl (C=O) groups excluding carboxylic acids is 1. The molecule has 0 amide bonds. The van der Waals surface area contributed by atoms with Gasteiger partial charge in [0.25, 0.3) is 5.69 Å². The maximum atomic E-state index is 11.6. The highest BCUT2D eigenvalue weighted by Crippen LogP contribution is 2.18. The lowest BCUT2D eigenvalue weighted by molar-refractivity contribution is -0.384. The Balaban J connectivity index is 2.02. The van der Waals surface area contributed by atoms with Crippen LogP contribution in [-0.4, -0.2) is 10.9 Å². The van der Waals surface area contributed by atoms with Crippen molar-refractivity contribution in [3.8, 4) is 5.75 Å². The zero-order chi connectivity index (χ0) is 15.2. The van der Waals surface area contributed by atoms with E-state index in [4.69, 9.17) is 16.3 Å². The Morgan fingerprint density at radius 3 is 2.43 bits per heavy atom. The normalized spacial score (nSPS) is 10.5. The number of nitro benzene ring substituents is 1. The first kappa shape index (κ1) is 14.7. The van der Waals surface area contributed by atoms with Gasteiger partial charge in [-0.3, -0.25) is 10.1 Å². The van der Waals surface area contributed by atoms with E-state index in [2.05, 4.69) is 0 Å². The Bertz CT molecular complexity index is 695. The maximum Gasteiger partial charge on any atom is 0.336 e. The Kier molecular flexibility index (Phi) is 4.68. The molecule has 21 heavy (non-hydrogen) atoms. The van der Waals surface area contributed by atoms with E-state index in [1.165, 1.54) is 36.4 Å². The monoisotopic (exact) mass is 303 g/mol. The van der Waals surface area contributed by atoms with E-state index in [1.54, 1.807) is 24.3 Å². The summed E-state index contributed by atoms with van der Waals surface area (Å²) in [5.74, 6) is -0.363. The Morgan fingerprint density at radius 1 is 1.14 bits per heavy atom. The first-order valence-corrected chi connectivity index (χ1v) is 6.33. The molecular weight excluding hydrogens is 294 g/mol. The average molecular weight is 304 g/mol. The van der Waals surface area contributed by atoms with Gasteiger partial charge in [0.1, 0.15) is 5.75 Å². The summed E-state index contributed by atoms with van der Waals surface area (Å²) in [6.07, 6.45) is 2.78. The number of hydrogen-bond acceptors (Lipinski definition) is 4. The highest BCUT2D eigenvalue weighted by Gasteiger charge is 2.06. The number of halogens is 1. The van der Waals surface area contributed by atoms with Gasteiger partial charge in [-0.15, -0.1) is 0 Å². The minimum absolute atomic E-state index is 0.0681. The quantitative estimate of drug-likeness (QED) is 0.283. The Hall–Kier alpha value is -2.66. The lowest BCUT2D eigenvalue weighted by Gasteiger charge is -2.01. The summed E-state index contributed by atoms with van der Waals surface area (Å²) >= 11 is 5.95. The number of hydrogen-bond donors (Lipinski definition) is 0. The first-order valence-electron chi connectivity index (χ1n) is 5.95. The van der Waals surface area contributed by atoms with E-state index in [9.17, 15) is 14.9 Å². The third-order valence-electron chi connectivity index (χ3n) is 2.57. The topological polar surface area (TPSA) is 69.4 Å². The van der Waals surface area contributed by atoms with Crippen LogP contribution in [0.1, 0.15) is 5.56 Å². The van der Waals surface area contributed by atoms with Crippen molar-refractivity contribution < 1.29 is 14.5 Å². The summed E-state index contributed by atoms with van der Waals surface area (Å²) in [6, 6.07) is 12.3. The van der Waals surface area contributed by atoms with Crippen molar-refractivity contribution in [2.24, 2.45) is 0 Å². The van der Waals surface area contributed by atoms with Gasteiger partial charge in [-0.25, -0.2) is 4.79 Å². The fourth-order valence-electron chi connectivity index (χ4n) is 1.55. The van der Waals surface area contributed by atoms with Crippen molar-refractivity contribution in [2.75, 3.05) is 0 Å². The molecule has 0 heterocycles. The van der Waals surface area contributed by atoms with Crippen molar-refractivity contribution in [1.82, 2.24) is 0 Å². The third kappa shape index (κ3) is 4.15. The minimum Gasteiger partial charge on any atom is -0.423 e. The third-order valence-corrected chi connectivity index (χ3v) is 2.91. The number of carbonyl (C=O) groups is 1. The van der Waals surface area contributed by atoms with Crippen LogP contribution in [0.2, 0.25) is 5.02 Å². The molecule has 0 bridgehead atoms. The molecule has 2 aromatic rings. The molecule has 0 aromatic heterocycles. The summed E-state index contributed by atoms with van der Waals surface area (Å²) in [4.78, 5) is 21.6. The molecule has 0 unspecified atom stereocenters. The maximum absolute atomic E-state index is 11.6.